The molecule has 0 fully saturated rings. The molecule has 0 aliphatic heterocycles. The number of hydrogen-bond donors (Lipinski definition) is 3. The fraction of sp³-hybridized carbons (Fsp3) is 0.950. The summed E-state index contributed by atoms with van der Waals surface area (Å²) in [4.78, 5) is 73.0. The van der Waals surface area contributed by atoms with Crippen LogP contribution >= 0.6 is 15.6 Å². The molecule has 0 rings (SSSR count). The number of hydrogen-bond acceptors (Lipinski definition) is 15. The van der Waals surface area contributed by atoms with Crippen LogP contribution in [0, 0.1) is 11.8 Å². The lowest BCUT2D eigenvalue weighted by molar-refractivity contribution is -0.161. The molecule has 17 nitrogen and oxygen atoms in total. The molecule has 0 radical (unpaired) electrons. The maximum atomic E-state index is 13.1. The minimum atomic E-state index is -4.96. The molecular weight excluding hydrogens is 1290 g/mol. The second kappa shape index (κ2) is 71.7. The van der Waals surface area contributed by atoms with Gasteiger partial charge in [-0.25, -0.2) is 9.13 Å². The largest absolute Gasteiger partial charge is 0.472 e. The van der Waals surface area contributed by atoms with Gasteiger partial charge in [0.25, 0.3) is 0 Å². The van der Waals surface area contributed by atoms with Gasteiger partial charge < -0.3 is 33.8 Å². The second-order valence-corrected chi connectivity index (χ2v) is 32.4. The van der Waals surface area contributed by atoms with Gasteiger partial charge in [-0.1, -0.05) is 369 Å². The third kappa shape index (κ3) is 72.8. The minimum absolute atomic E-state index is 0.108. The molecule has 0 aliphatic carbocycles. The van der Waals surface area contributed by atoms with Gasteiger partial charge >= 0.3 is 39.5 Å². The van der Waals surface area contributed by atoms with Crippen LogP contribution < -0.4 is 0 Å². The topological polar surface area (TPSA) is 237 Å². The Labute approximate surface area is 607 Å². The van der Waals surface area contributed by atoms with Gasteiger partial charge in [0.15, 0.2) is 12.2 Å². The number of esters is 4. The summed E-state index contributed by atoms with van der Waals surface area (Å²) in [6, 6.07) is 0. The lowest BCUT2D eigenvalue weighted by Crippen LogP contribution is -2.30. The molecular formula is C80H156O17P2. The molecule has 0 aromatic carbocycles. The van der Waals surface area contributed by atoms with Gasteiger partial charge in [0, 0.05) is 25.7 Å². The third-order valence-corrected chi connectivity index (χ3v) is 21.0. The fourth-order valence-electron chi connectivity index (χ4n) is 12.3. The van der Waals surface area contributed by atoms with Crippen LogP contribution in [0.1, 0.15) is 420 Å². The van der Waals surface area contributed by atoms with Crippen LogP contribution in [-0.4, -0.2) is 96.7 Å². The molecule has 19 heteroatoms. The number of carbonyl (C=O) groups is 4. The van der Waals surface area contributed by atoms with E-state index in [9.17, 15) is 43.2 Å². The quantitative estimate of drug-likeness (QED) is 0.0222. The molecule has 0 amide bonds. The third-order valence-electron chi connectivity index (χ3n) is 19.1. The van der Waals surface area contributed by atoms with Crippen molar-refractivity contribution in [2.75, 3.05) is 39.6 Å². The van der Waals surface area contributed by atoms with Crippen molar-refractivity contribution >= 4 is 39.5 Å². The van der Waals surface area contributed by atoms with Crippen LogP contribution in [0.3, 0.4) is 0 Å². The number of phosphoric ester groups is 2. The van der Waals surface area contributed by atoms with Crippen LogP contribution in [0.2, 0.25) is 0 Å². The van der Waals surface area contributed by atoms with E-state index in [1.54, 1.807) is 0 Å². The van der Waals surface area contributed by atoms with Crippen molar-refractivity contribution < 1.29 is 80.2 Å². The van der Waals surface area contributed by atoms with E-state index in [1.165, 1.54) is 238 Å². The first-order chi connectivity index (χ1) is 47.9. The van der Waals surface area contributed by atoms with Crippen molar-refractivity contribution in [3.8, 4) is 0 Å². The minimum Gasteiger partial charge on any atom is -0.462 e. The summed E-state index contributed by atoms with van der Waals surface area (Å²) in [5, 5.41) is 10.6. The Balaban J connectivity index is 5.26. The Hall–Kier alpha value is -1.94. The van der Waals surface area contributed by atoms with E-state index < -0.39 is 97.5 Å². The van der Waals surface area contributed by atoms with Crippen molar-refractivity contribution in [1.29, 1.82) is 0 Å². The Bertz CT molecular complexity index is 1910. The Morgan fingerprint density at radius 3 is 0.768 bits per heavy atom. The molecule has 0 saturated heterocycles. The average molecular weight is 1450 g/mol. The SMILES string of the molecule is CCCCCCCCCCCCCCCC(=O)O[C@H](COC(=O)CCCCCCCCCCCCCC)COP(=O)(O)OC[C@H](O)COP(=O)(O)OC[C@@H](COC(=O)CCCCCCCCCCCCCCCC(C)C)OC(=O)CCCCCCCCCCCCCCCCC(C)CC. The molecule has 0 aliphatic rings. The Kier molecular flexibility index (Phi) is 70.3. The zero-order valence-corrected chi connectivity index (χ0v) is 66.6. The normalized spacial score (nSPS) is 14.2. The van der Waals surface area contributed by atoms with Crippen molar-refractivity contribution in [3.63, 3.8) is 0 Å². The van der Waals surface area contributed by atoms with Gasteiger partial charge in [0.05, 0.1) is 26.4 Å². The van der Waals surface area contributed by atoms with Crippen LogP contribution in [-0.2, 0) is 65.4 Å². The summed E-state index contributed by atoms with van der Waals surface area (Å²) in [7, 11) is -9.92. The summed E-state index contributed by atoms with van der Waals surface area (Å²) in [6.45, 7) is 9.71. The van der Waals surface area contributed by atoms with E-state index in [0.29, 0.717) is 25.7 Å². The Morgan fingerprint density at radius 2 is 0.515 bits per heavy atom. The van der Waals surface area contributed by atoms with Crippen LogP contribution in [0.5, 0.6) is 0 Å². The van der Waals surface area contributed by atoms with Gasteiger partial charge in [-0.2, -0.15) is 0 Å². The summed E-state index contributed by atoms with van der Waals surface area (Å²) >= 11 is 0. The number of carbonyl (C=O) groups excluding carboxylic acids is 4. The van der Waals surface area contributed by atoms with E-state index in [2.05, 4.69) is 41.5 Å². The lowest BCUT2D eigenvalue weighted by Gasteiger charge is -2.21. The van der Waals surface area contributed by atoms with Gasteiger partial charge in [-0.05, 0) is 37.5 Å². The Morgan fingerprint density at radius 1 is 0.293 bits per heavy atom. The average Bonchev–Trinajstić information content (AvgIpc) is 1.06. The molecule has 0 spiro atoms. The zero-order chi connectivity index (χ0) is 72.8. The first kappa shape index (κ1) is 97.1. The van der Waals surface area contributed by atoms with Crippen molar-refractivity contribution in [1.82, 2.24) is 0 Å². The van der Waals surface area contributed by atoms with Gasteiger partial charge in [0.1, 0.15) is 19.3 Å². The van der Waals surface area contributed by atoms with Crippen LogP contribution in [0.25, 0.3) is 0 Å². The first-order valence-corrected chi connectivity index (χ1v) is 44.5. The van der Waals surface area contributed by atoms with E-state index in [-0.39, 0.29) is 25.7 Å². The highest BCUT2D eigenvalue weighted by atomic mass is 31.2. The predicted molar refractivity (Wildman–Crippen MR) is 405 cm³/mol. The molecule has 0 bridgehead atoms. The van der Waals surface area contributed by atoms with Gasteiger partial charge in [0.2, 0.25) is 0 Å². The molecule has 588 valence electrons. The maximum Gasteiger partial charge on any atom is 0.472 e. The maximum absolute atomic E-state index is 13.1. The summed E-state index contributed by atoms with van der Waals surface area (Å²) in [5.41, 5.74) is 0. The van der Waals surface area contributed by atoms with Crippen molar-refractivity contribution in [3.05, 3.63) is 0 Å². The van der Waals surface area contributed by atoms with Crippen molar-refractivity contribution in [2.45, 2.75) is 439 Å². The molecule has 0 aromatic rings. The summed E-state index contributed by atoms with van der Waals surface area (Å²) < 4.78 is 68.7. The second-order valence-electron chi connectivity index (χ2n) is 29.5. The van der Waals surface area contributed by atoms with Gasteiger partial charge in [-0.3, -0.25) is 37.3 Å². The van der Waals surface area contributed by atoms with Crippen molar-refractivity contribution in [2.24, 2.45) is 11.8 Å². The number of aliphatic hydroxyl groups is 1. The van der Waals surface area contributed by atoms with E-state index in [0.717, 1.165) is 102 Å². The van der Waals surface area contributed by atoms with Gasteiger partial charge in [-0.15, -0.1) is 0 Å². The molecule has 0 heterocycles. The monoisotopic (exact) mass is 1450 g/mol. The smallest absolute Gasteiger partial charge is 0.462 e. The highest BCUT2D eigenvalue weighted by Crippen LogP contribution is 2.45. The van der Waals surface area contributed by atoms with Crippen LogP contribution in [0.4, 0.5) is 0 Å². The molecule has 0 saturated carbocycles. The highest BCUT2D eigenvalue weighted by molar-refractivity contribution is 7.47. The number of phosphoric acid groups is 2. The number of ether oxygens (including phenoxy) is 4. The highest BCUT2D eigenvalue weighted by Gasteiger charge is 2.30. The van der Waals surface area contributed by atoms with Crippen LogP contribution in [0.15, 0.2) is 0 Å². The van der Waals surface area contributed by atoms with E-state index >= 15 is 0 Å². The number of aliphatic hydroxyl groups excluding tert-OH is 1. The first-order valence-electron chi connectivity index (χ1n) is 41.5. The molecule has 0 aromatic heterocycles. The zero-order valence-electron chi connectivity index (χ0n) is 64.8. The van der Waals surface area contributed by atoms with E-state index in [4.69, 9.17) is 37.0 Å². The summed E-state index contributed by atoms with van der Waals surface area (Å²) in [5.74, 6) is -0.470. The number of rotatable bonds is 79. The number of unbranched alkanes of at least 4 members (excludes halogenated alkanes) is 48. The molecule has 3 N–H and O–H groups in total. The standard InChI is InChI=1S/C80H156O17P2/c1-7-10-12-14-16-18-20-25-34-40-46-52-58-64-79(84)96-75(68-90-77(82)62-56-50-44-38-32-21-19-17-15-13-11-8-2)70-94-98(86,87)92-66-74(81)67-93-99(88,89)95-71-76(69-91-78(83)63-57-51-45-39-33-29-24-26-30-36-42-48-54-60-72(4)5)97-80(85)65-59-53-47-41-35-28-23-22-27-31-37-43-49-55-61-73(6)9-3/h72-76,81H,7-71H2,1-6H3,(H,86,87)(H,88,89)/t73?,74-,75+,76+/m0/s1. The summed E-state index contributed by atoms with van der Waals surface area (Å²) in [6.07, 6.45) is 60.8. The molecule has 3 unspecified atom stereocenters. The lowest BCUT2D eigenvalue weighted by atomic mass is 9.99. The van der Waals surface area contributed by atoms with E-state index in [1.807, 2.05) is 0 Å². The molecule has 6 atom stereocenters. The molecule has 99 heavy (non-hydrogen) atoms. The fourth-order valence-corrected chi connectivity index (χ4v) is 13.9. The predicted octanol–water partition coefficient (Wildman–Crippen LogP) is 23.9.